The molecule has 8 nitrogen and oxygen atoms in total. The number of likely N-dealkylation sites (tertiary alicyclic amines) is 1. The SMILES string of the molecule is CC(C)(C)OC(=O)NC1CCN(C(=O)c2cc3c(ccc4cnc(Nc5cccc(C(C)(C)C)c5)nc43)s2)C1. The Bertz CT molecular complexity index is 1550. The zero-order valence-electron chi connectivity index (χ0n) is 23.3. The lowest BCUT2D eigenvalue weighted by Gasteiger charge is -2.22. The first-order chi connectivity index (χ1) is 18.4. The first kappa shape index (κ1) is 26.9. The highest BCUT2D eigenvalue weighted by molar-refractivity contribution is 7.21. The summed E-state index contributed by atoms with van der Waals surface area (Å²) < 4.78 is 6.35. The van der Waals surface area contributed by atoms with Crippen molar-refractivity contribution in [3.8, 4) is 0 Å². The van der Waals surface area contributed by atoms with Crippen molar-refractivity contribution in [2.45, 2.75) is 65.0 Å². The molecule has 0 bridgehead atoms. The van der Waals surface area contributed by atoms with Crippen molar-refractivity contribution in [3.05, 3.63) is 59.1 Å². The van der Waals surface area contributed by atoms with Gasteiger partial charge in [-0.2, -0.15) is 0 Å². The van der Waals surface area contributed by atoms with Crippen LogP contribution in [0.1, 0.15) is 63.2 Å². The summed E-state index contributed by atoms with van der Waals surface area (Å²) in [6, 6.07) is 14.1. The fourth-order valence-corrected chi connectivity index (χ4v) is 5.69. The van der Waals surface area contributed by atoms with Crippen LogP contribution in [-0.4, -0.2) is 51.6 Å². The van der Waals surface area contributed by atoms with Gasteiger partial charge in [0.05, 0.1) is 16.4 Å². The van der Waals surface area contributed by atoms with E-state index in [-0.39, 0.29) is 17.4 Å². The van der Waals surface area contributed by atoms with Gasteiger partial charge >= 0.3 is 6.09 Å². The van der Waals surface area contributed by atoms with E-state index in [1.165, 1.54) is 16.9 Å². The molecule has 39 heavy (non-hydrogen) atoms. The van der Waals surface area contributed by atoms with Gasteiger partial charge in [-0.15, -0.1) is 11.3 Å². The highest BCUT2D eigenvalue weighted by Crippen LogP contribution is 2.33. The quantitative estimate of drug-likeness (QED) is 0.299. The molecule has 4 aromatic rings. The van der Waals surface area contributed by atoms with E-state index < -0.39 is 11.7 Å². The van der Waals surface area contributed by atoms with Crippen LogP contribution in [-0.2, 0) is 10.2 Å². The third kappa shape index (κ3) is 6.14. The van der Waals surface area contributed by atoms with E-state index in [9.17, 15) is 9.59 Å². The maximum absolute atomic E-state index is 13.4. The maximum Gasteiger partial charge on any atom is 0.407 e. The molecule has 2 N–H and O–H groups in total. The normalized spacial score (nSPS) is 16.1. The Morgan fingerprint density at radius 1 is 1.08 bits per heavy atom. The van der Waals surface area contributed by atoms with Crippen molar-refractivity contribution in [3.63, 3.8) is 0 Å². The number of nitrogens with zero attached hydrogens (tertiary/aromatic N) is 3. The first-order valence-corrected chi connectivity index (χ1v) is 14.0. The fourth-order valence-electron chi connectivity index (χ4n) is 4.66. The van der Waals surface area contributed by atoms with Crippen LogP contribution in [0, 0.1) is 0 Å². The number of alkyl carbamates (subject to hydrolysis) is 1. The topological polar surface area (TPSA) is 96.5 Å². The minimum absolute atomic E-state index is 0.0366. The van der Waals surface area contributed by atoms with E-state index in [1.807, 2.05) is 57.3 Å². The predicted molar refractivity (Wildman–Crippen MR) is 157 cm³/mol. The van der Waals surface area contributed by atoms with Crippen LogP contribution in [0.15, 0.2) is 48.7 Å². The lowest BCUT2D eigenvalue weighted by molar-refractivity contribution is 0.0502. The summed E-state index contributed by atoms with van der Waals surface area (Å²) in [4.78, 5) is 37.3. The molecule has 2 amide bonds. The number of hydrogen-bond donors (Lipinski definition) is 2. The Kier molecular flexibility index (Phi) is 6.97. The molecule has 0 aliphatic carbocycles. The van der Waals surface area contributed by atoms with Gasteiger partial charge in [0.1, 0.15) is 5.60 Å². The van der Waals surface area contributed by atoms with Gasteiger partial charge in [0.25, 0.3) is 5.91 Å². The maximum atomic E-state index is 13.4. The Morgan fingerprint density at radius 3 is 2.62 bits per heavy atom. The molecule has 0 spiro atoms. The molecule has 0 radical (unpaired) electrons. The lowest BCUT2D eigenvalue weighted by Crippen LogP contribution is -2.41. The number of fused-ring (bicyclic) bond motifs is 3. The van der Waals surface area contributed by atoms with Crippen LogP contribution in [0.5, 0.6) is 0 Å². The van der Waals surface area contributed by atoms with Gasteiger partial charge in [-0.1, -0.05) is 32.9 Å². The number of benzene rings is 2. The number of aromatic nitrogens is 2. The monoisotopic (exact) mass is 545 g/mol. The second kappa shape index (κ2) is 10.1. The van der Waals surface area contributed by atoms with Crippen molar-refractivity contribution in [1.29, 1.82) is 0 Å². The average Bonchev–Trinajstić information content (AvgIpc) is 3.49. The second-order valence-corrected chi connectivity index (χ2v) is 13.1. The molecule has 1 aliphatic rings. The minimum Gasteiger partial charge on any atom is -0.444 e. The summed E-state index contributed by atoms with van der Waals surface area (Å²) in [6.45, 7) is 13.1. The molecule has 2 aromatic carbocycles. The van der Waals surface area contributed by atoms with Crippen LogP contribution in [0.2, 0.25) is 0 Å². The Balaban J connectivity index is 1.35. The summed E-state index contributed by atoms with van der Waals surface area (Å²) in [7, 11) is 0. The van der Waals surface area contributed by atoms with Gasteiger partial charge in [-0.3, -0.25) is 4.79 Å². The standard InChI is InChI=1S/C30H35N5O3S/c1-29(2,3)19-8-7-9-20(14-19)32-27-31-16-18-10-11-23-22(25(18)34-27)15-24(39-23)26(36)35-13-12-21(17-35)33-28(37)38-30(4,5)6/h7-11,14-16,21H,12-13,17H2,1-6H3,(H,33,37)(H,31,32,34). The molecule has 9 heteroatoms. The summed E-state index contributed by atoms with van der Waals surface area (Å²) in [5.41, 5.74) is 2.43. The van der Waals surface area contributed by atoms with Crippen LogP contribution in [0.4, 0.5) is 16.4 Å². The minimum atomic E-state index is -0.562. The van der Waals surface area contributed by atoms with Gasteiger partial charge in [-0.05, 0) is 68.5 Å². The van der Waals surface area contributed by atoms with E-state index in [4.69, 9.17) is 9.72 Å². The zero-order valence-corrected chi connectivity index (χ0v) is 24.1. The molecule has 3 heterocycles. The highest BCUT2D eigenvalue weighted by atomic mass is 32.1. The Labute approximate surface area is 232 Å². The zero-order chi connectivity index (χ0) is 27.9. The summed E-state index contributed by atoms with van der Waals surface area (Å²) in [5.74, 6) is 0.472. The number of nitrogens with one attached hydrogen (secondary N) is 2. The third-order valence-corrected chi connectivity index (χ3v) is 7.73. The molecule has 2 aromatic heterocycles. The van der Waals surface area contributed by atoms with Crippen LogP contribution >= 0.6 is 11.3 Å². The van der Waals surface area contributed by atoms with Crippen molar-refractivity contribution in [2.24, 2.45) is 0 Å². The summed E-state index contributed by atoms with van der Waals surface area (Å²) in [6.07, 6.45) is 2.05. The van der Waals surface area contributed by atoms with Crippen molar-refractivity contribution < 1.29 is 14.3 Å². The van der Waals surface area contributed by atoms with Crippen molar-refractivity contribution in [1.82, 2.24) is 20.2 Å². The molecule has 1 atom stereocenters. The molecule has 204 valence electrons. The van der Waals surface area contributed by atoms with E-state index in [2.05, 4.69) is 48.5 Å². The molecule has 1 fully saturated rings. The molecular weight excluding hydrogens is 510 g/mol. The van der Waals surface area contributed by atoms with Gasteiger partial charge in [0.2, 0.25) is 5.95 Å². The average molecular weight is 546 g/mol. The van der Waals surface area contributed by atoms with Gasteiger partial charge < -0.3 is 20.3 Å². The van der Waals surface area contributed by atoms with Crippen molar-refractivity contribution >= 4 is 56.0 Å². The van der Waals surface area contributed by atoms with E-state index in [1.54, 1.807) is 4.90 Å². The predicted octanol–water partition coefficient (Wildman–Crippen LogP) is 6.62. The first-order valence-electron chi connectivity index (χ1n) is 13.2. The number of hydrogen-bond acceptors (Lipinski definition) is 7. The number of ether oxygens (including phenoxy) is 1. The van der Waals surface area contributed by atoms with Crippen LogP contribution < -0.4 is 10.6 Å². The summed E-state index contributed by atoms with van der Waals surface area (Å²) in [5, 5.41) is 8.07. The number of carbonyl (C=O) groups is 2. The van der Waals surface area contributed by atoms with Crippen molar-refractivity contribution in [2.75, 3.05) is 18.4 Å². The molecule has 5 rings (SSSR count). The number of rotatable bonds is 4. The van der Waals surface area contributed by atoms with E-state index in [0.29, 0.717) is 30.3 Å². The largest absolute Gasteiger partial charge is 0.444 e. The molecule has 1 saturated heterocycles. The molecule has 0 saturated carbocycles. The third-order valence-electron chi connectivity index (χ3n) is 6.64. The van der Waals surface area contributed by atoms with E-state index in [0.717, 1.165) is 26.7 Å². The molecule has 1 aliphatic heterocycles. The smallest absolute Gasteiger partial charge is 0.407 e. The lowest BCUT2D eigenvalue weighted by atomic mass is 9.87. The Morgan fingerprint density at radius 2 is 1.87 bits per heavy atom. The Hall–Kier alpha value is -3.72. The number of anilines is 2. The number of amides is 2. The van der Waals surface area contributed by atoms with Crippen LogP contribution in [0.25, 0.3) is 21.0 Å². The fraction of sp³-hybridized carbons (Fsp3) is 0.400. The number of thiophene rings is 1. The van der Waals surface area contributed by atoms with E-state index >= 15 is 0 Å². The second-order valence-electron chi connectivity index (χ2n) is 12.1. The number of carbonyl (C=O) groups excluding carboxylic acids is 2. The van der Waals surface area contributed by atoms with Crippen LogP contribution in [0.3, 0.4) is 0 Å². The van der Waals surface area contributed by atoms with Gasteiger partial charge in [0, 0.05) is 40.4 Å². The summed E-state index contributed by atoms with van der Waals surface area (Å²) >= 11 is 1.46. The molecule has 1 unspecified atom stereocenters. The highest BCUT2D eigenvalue weighted by Gasteiger charge is 2.30. The molecular formula is C30H35N5O3S. The van der Waals surface area contributed by atoms with Gasteiger partial charge in [-0.25, -0.2) is 14.8 Å². The van der Waals surface area contributed by atoms with Gasteiger partial charge in [0.15, 0.2) is 0 Å².